The van der Waals surface area contributed by atoms with Crippen molar-refractivity contribution in [2.45, 2.75) is 56.0 Å². The normalized spacial score (nSPS) is 21.0. The summed E-state index contributed by atoms with van der Waals surface area (Å²) in [6, 6.07) is 8.36. The van der Waals surface area contributed by atoms with E-state index < -0.39 is 9.84 Å². The van der Waals surface area contributed by atoms with Crippen LogP contribution in [-0.4, -0.2) is 74.2 Å². The zero-order valence-corrected chi connectivity index (χ0v) is 17.8. The summed E-state index contributed by atoms with van der Waals surface area (Å²) >= 11 is 0. The van der Waals surface area contributed by atoms with Crippen LogP contribution in [0, 0.1) is 0 Å². The predicted octanol–water partition coefficient (Wildman–Crippen LogP) is 1.87. The van der Waals surface area contributed by atoms with E-state index in [0.29, 0.717) is 26.3 Å². The molecular formula is C21H30N2O5S. The average molecular weight is 423 g/mol. The molecule has 2 aliphatic rings. The number of carbonyl (C=O) groups excluding carboxylic acids is 2. The summed E-state index contributed by atoms with van der Waals surface area (Å²) in [6.45, 7) is 3.98. The lowest BCUT2D eigenvalue weighted by Crippen LogP contribution is -2.55. The molecule has 2 heterocycles. The van der Waals surface area contributed by atoms with Crippen LogP contribution >= 0.6 is 0 Å². The highest BCUT2D eigenvalue weighted by Crippen LogP contribution is 2.24. The van der Waals surface area contributed by atoms with Crippen LogP contribution in [0.15, 0.2) is 35.2 Å². The SMILES string of the molecule is CC(=O)N(C1CCOCC1)C1CCCN(C(=O)CCS(=O)(=O)c2ccccc2)C1. The van der Waals surface area contributed by atoms with Crippen molar-refractivity contribution in [1.29, 1.82) is 0 Å². The van der Waals surface area contributed by atoms with Gasteiger partial charge in [0.15, 0.2) is 9.84 Å². The van der Waals surface area contributed by atoms with Crippen molar-refractivity contribution < 1.29 is 22.7 Å². The average Bonchev–Trinajstić information content (AvgIpc) is 2.73. The number of nitrogens with zero attached hydrogens (tertiary/aromatic N) is 2. The highest BCUT2D eigenvalue weighted by atomic mass is 32.2. The number of benzene rings is 1. The van der Waals surface area contributed by atoms with Crippen LogP contribution in [0.25, 0.3) is 0 Å². The molecule has 1 unspecified atom stereocenters. The minimum Gasteiger partial charge on any atom is -0.381 e. The number of ether oxygens (including phenoxy) is 1. The first kappa shape index (κ1) is 21.8. The number of sulfone groups is 1. The second-order valence-corrected chi connectivity index (χ2v) is 9.90. The molecule has 1 aromatic rings. The van der Waals surface area contributed by atoms with Crippen LogP contribution in [0.2, 0.25) is 0 Å². The number of carbonyl (C=O) groups is 2. The molecule has 0 aromatic heterocycles. The Balaban J connectivity index is 1.60. The van der Waals surface area contributed by atoms with Gasteiger partial charge >= 0.3 is 0 Å². The molecule has 2 amide bonds. The molecular weight excluding hydrogens is 392 g/mol. The van der Waals surface area contributed by atoms with Gasteiger partial charge in [-0.15, -0.1) is 0 Å². The molecule has 0 saturated carbocycles. The molecule has 1 atom stereocenters. The third kappa shape index (κ3) is 5.57. The van der Waals surface area contributed by atoms with Gasteiger partial charge in [-0.2, -0.15) is 0 Å². The van der Waals surface area contributed by atoms with E-state index in [1.165, 1.54) is 0 Å². The van der Waals surface area contributed by atoms with Gasteiger partial charge in [-0.25, -0.2) is 8.42 Å². The summed E-state index contributed by atoms with van der Waals surface area (Å²) in [7, 11) is -3.48. The first-order valence-corrected chi connectivity index (χ1v) is 12.0. The predicted molar refractivity (Wildman–Crippen MR) is 109 cm³/mol. The summed E-state index contributed by atoms with van der Waals surface area (Å²) < 4.78 is 30.3. The molecule has 7 nitrogen and oxygen atoms in total. The van der Waals surface area contributed by atoms with Crippen LogP contribution in [0.4, 0.5) is 0 Å². The van der Waals surface area contributed by atoms with E-state index in [2.05, 4.69) is 0 Å². The van der Waals surface area contributed by atoms with Gasteiger partial charge in [0.25, 0.3) is 0 Å². The van der Waals surface area contributed by atoms with Crippen molar-refractivity contribution in [3.63, 3.8) is 0 Å². The number of hydrogen-bond donors (Lipinski definition) is 0. The van der Waals surface area contributed by atoms with Crippen LogP contribution < -0.4 is 0 Å². The molecule has 8 heteroatoms. The fraction of sp³-hybridized carbons (Fsp3) is 0.619. The molecule has 0 N–H and O–H groups in total. The first-order valence-electron chi connectivity index (χ1n) is 10.3. The van der Waals surface area contributed by atoms with Gasteiger partial charge in [0, 0.05) is 51.7 Å². The monoisotopic (exact) mass is 422 g/mol. The van der Waals surface area contributed by atoms with E-state index in [0.717, 1.165) is 25.7 Å². The van der Waals surface area contributed by atoms with Gasteiger partial charge in [0.05, 0.1) is 10.6 Å². The topological polar surface area (TPSA) is 84.0 Å². The maximum Gasteiger partial charge on any atom is 0.223 e. The molecule has 0 radical (unpaired) electrons. The molecule has 1 aromatic carbocycles. The Kier molecular flexibility index (Phi) is 7.29. The summed E-state index contributed by atoms with van der Waals surface area (Å²) in [5.41, 5.74) is 0. The maximum atomic E-state index is 12.7. The van der Waals surface area contributed by atoms with Crippen molar-refractivity contribution in [2.24, 2.45) is 0 Å². The summed E-state index contributed by atoms with van der Waals surface area (Å²) in [5, 5.41) is 0. The summed E-state index contributed by atoms with van der Waals surface area (Å²) in [5.74, 6) is -0.333. The largest absolute Gasteiger partial charge is 0.381 e. The molecule has 2 aliphatic heterocycles. The smallest absolute Gasteiger partial charge is 0.223 e. The van der Waals surface area contributed by atoms with Crippen molar-refractivity contribution in [3.8, 4) is 0 Å². The molecule has 160 valence electrons. The van der Waals surface area contributed by atoms with Crippen molar-refractivity contribution in [3.05, 3.63) is 30.3 Å². The quantitative estimate of drug-likeness (QED) is 0.699. The highest BCUT2D eigenvalue weighted by Gasteiger charge is 2.34. The fourth-order valence-electron chi connectivity index (χ4n) is 4.31. The van der Waals surface area contributed by atoms with E-state index in [-0.39, 0.29) is 41.0 Å². The van der Waals surface area contributed by atoms with E-state index >= 15 is 0 Å². The zero-order valence-electron chi connectivity index (χ0n) is 17.0. The van der Waals surface area contributed by atoms with Crippen LogP contribution in [0.5, 0.6) is 0 Å². The Hall–Kier alpha value is -1.93. The Morgan fingerprint density at radius 2 is 1.79 bits per heavy atom. The lowest BCUT2D eigenvalue weighted by atomic mass is 9.98. The van der Waals surface area contributed by atoms with E-state index in [1.54, 1.807) is 42.2 Å². The maximum absolute atomic E-state index is 12.7. The second-order valence-electron chi connectivity index (χ2n) is 7.79. The van der Waals surface area contributed by atoms with Crippen LogP contribution in [0.1, 0.15) is 39.0 Å². The standard InChI is InChI=1S/C21H30N2O5S/c1-17(24)23(18-9-13-28-14-10-18)19-6-5-12-22(16-19)21(25)11-15-29(26,27)20-7-3-2-4-8-20/h2-4,7-8,18-19H,5-6,9-16H2,1H3. The Bertz CT molecular complexity index is 806. The molecule has 3 rings (SSSR count). The van der Waals surface area contributed by atoms with Crippen molar-refractivity contribution >= 4 is 21.7 Å². The van der Waals surface area contributed by atoms with Crippen LogP contribution in [0.3, 0.4) is 0 Å². The molecule has 29 heavy (non-hydrogen) atoms. The zero-order chi connectivity index (χ0) is 20.9. The number of likely N-dealkylation sites (tertiary alicyclic amines) is 1. The van der Waals surface area contributed by atoms with Crippen molar-refractivity contribution in [2.75, 3.05) is 32.1 Å². The van der Waals surface area contributed by atoms with Gasteiger partial charge in [0.2, 0.25) is 11.8 Å². The minimum absolute atomic E-state index is 0.0148. The molecule has 0 bridgehead atoms. The Labute approximate surface area is 172 Å². The molecule has 0 aliphatic carbocycles. The number of amides is 2. The first-order chi connectivity index (χ1) is 13.9. The molecule has 2 saturated heterocycles. The molecule has 0 spiro atoms. The van der Waals surface area contributed by atoms with Crippen molar-refractivity contribution in [1.82, 2.24) is 9.80 Å². The van der Waals surface area contributed by atoms with Gasteiger partial charge in [-0.1, -0.05) is 18.2 Å². The Morgan fingerprint density at radius 3 is 2.45 bits per heavy atom. The third-order valence-electron chi connectivity index (χ3n) is 5.78. The Morgan fingerprint density at radius 1 is 1.10 bits per heavy atom. The summed E-state index contributed by atoms with van der Waals surface area (Å²) in [6.07, 6.45) is 3.28. The summed E-state index contributed by atoms with van der Waals surface area (Å²) in [4.78, 5) is 29.0. The van der Waals surface area contributed by atoms with Crippen LogP contribution in [-0.2, 0) is 24.2 Å². The number of hydrogen-bond acceptors (Lipinski definition) is 5. The minimum atomic E-state index is -3.48. The van der Waals surface area contributed by atoms with E-state index in [1.807, 2.05) is 4.90 Å². The lowest BCUT2D eigenvalue weighted by molar-refractivity contribution is -0.142. The van der Waals surface area contributed by atoms with E-state index in [9.17, 15) is 18.0 Å². The van der Waals surface area contributed by atoms with Gasteiger partial charge in [0.1, 0.15) is 0 Å². The second kappa shape index (κ2) is 9.71. The number of rotatable bonds is 6. The lowest BCUT2D eigenvalue weighted by Gasteiger charge is -2.44. The van der Waals surface area contributed by atoms with Gasteiger partial charge < -0.3 is 14.5 Å². The van der Waals surface area contributed by atoms with Gasteiger partial charge in [-0.05, 0) is 37.8 Å². The van der Waals surface area contributed by atoms with E-state index in [4.69, 9.17) is 4.74 Å². The molecule has 2 fully saturated rings. The fourth-order valence-corrected chi connectivity index (χ4v) is 5.56. The highest BCUT2D eigenvalue weighted by molar-refractivity contribution is 7.91. The van der Waals surface area contributed by atoms with Gasteiger partial charge in [-0.3, -0.25) is 9.59 Å². The number of piperidine rings is 1. The third-order valence-corrected chi connectivity index (χ3v) is 7.51.